The summed E-state index contributed by atoms with van der Waals surface area (Å²) in [6.45, 7) is 2.88. The quantitative estimate of drug-likeness (QED) is 0.878. The monoisotopic (exact) mass is 337 g/mol. The molecule has 2 nitrogen and oxygen atoms in total. The maximum Gasteiger partial charge on any atom is 0.137 e. The fourth-order valence-electron chi connectivity index (χ4n) is 2.12. The molecule has 0 radical (unpaired) electrons. The lowest BCUT2D eigenvalue weighted by atomic mass is 9.98. The van der Waals surface area contributed by atoms with Gasteiger partial charge in [-0.05, 0) is 57.9 Å². The van der Waals surface area contributed by atoms with Crippen LogP contribution in [0.4, 0.5) is 4.39 Å². The first-order chi connectivity index (χ1) is 9.65. The number of nitrogens with one attached hydrogen (secondary N) is 1. The van der Waals surface area contributed by atoms with Crippen LogP contribution in [0, 0.1) is 5.82 Å². The van der Waals surface area contributed by atoms with Crippen LogP contribution in [0.25, 0.3) is 0 Å². The van der Waals surface area contributed by atoms with E-state index in [-0.39, 0.29) is 11.9 Å². The molecule has 0 aliphatic rings. The number of hydrogen-bond donors (Lipinski definition) is 1. The van der Waals surface area contributed by atoms with Crippen molar-refractivity contribution in [3.8, 4) is 5.75 Å². The van der Waals surface area contributed by atoms with Crippen LogP contribution >= 0.6 is 15.9 Å². The van der Waals surface area contributed by atoms with Crippen molar-refractivity contribution in [1.82, 2.24) is 5.32 Å². The van der Waals surface area contributed by atoms with Gasteiger partial charge in [-0.1, -0.05) is 25.1 Å². The lowest BCUT2D eigenvalue weighted by molar-refractivity contribution is 0.414. The Labute approximate surface area is 127 Å². The Hall–Kier alpha value is -1.39. The summed E-state index contributed by atoms with van der Waals surface area (Å²) in [7, 11) is 1.65. The van der Waals surface area contributed by atoms with E-state index < -0.39 is 0 Å². The van der Waals surface area contributed by atoms with E-state index in [1.54, 1.807) is 13.2 Å². The van der Waals surface area contributed by atoms with Crippen molar-refractivity contribution >= 4 is 15.9 Å². The fraction of sp³-hybridized carbons (Fsp3) is 0.250. The number of benzene rings is 2. The van der Waals surface area contributed by atoms with E-state index in [4.69, 9.17) is 4.74 Å². The molecule has 0 spiro atoms. The third kappa shape index (κ3) is 3.38. The average Bonchev–Trinajstić information content (AvgIpc) is 2.48. The maximum absolute atomic E-state index is 13.4. The highest BCUT2D eigenvalue weighted by Gasteiger charge is 2.14. The number of rotatable bonds is 5. The molecule has 0 aliphatic carbocycles. The van der Waals surface area contributed by atoms with E-state index in [2.05, 4.69) is 28.2 Å². The molecule has 0 aliphatic heterocycles. The van der Waals surface area contributed by atoms with Crippen LogP contribution in [-0.4, -0.2) is 13.7 Å². The van der Waals surface area contributed by atoms with Crippen LogP contribution in [0.1, 0.15) is 24.1 Å². The maximum atomic E-state index is 13.4. The van der Waals surface area contributed by atoms with Crippen LogP contribution in [0.5, 0.6) is 5.75 Å². The van der Waals surface area contributed by atoms with E-state index in [0.29, 0.717) is 4.47 Å². The normalized spacial score (nSPS) is 12.2. The Morgan fingerprint density at radius 3 is 2.35 bits per heavy atom. The van der Waals surface area contributed by atoms with Crippen molar-refractivity contribution in [3.63, 3.8) is 0 Å². The molecule has 2 aromatic rings. The highest BCUT2D eigenvalue weighted by atomic mass is 79.9. The van der Waals surface area contributed by atoms with Gasteiger partial charge in [-0.2, -0.15) is 0 Å². The Morgan fingerprint density at radius 2 is 1.80 bits per heavy atom. The first kappa shape index (κ1) is 15.0. The van der Waals surface area contributed by atoms with Gasteiger partial charge in [-0.3, -0.25) is 0 Å². The van der Waals surface area contributed by atoms with Crippen molar-refractivity contribution in [1.29, 1.82) is 0 Å². The first-order valence-electron chi connectivity index (χ1n) is 6.48. The first-order valence-corrected chi connectivity index (χ1v) is 7.27. The smallest absolute Gasteiger partial charge is 0.137 e. The highest BCUT2D eigenvalue weighted by Crippen LogP contribution is 2.27. The van der Waals surface area contributed by atoms with Crippen molar-refractivity contribution in [3.05, 3.63) is 63.9 Å². The van der Waals surface area contributed by atoms with Gasteiger partial charge in [-0.25, -0.2) is 4.39 Å². The summed E-state index contributed by atoms with van der Waals surface area (Å²) in [6, 6.07) is 13.0. The molecule has 1 unspecified atom stereocenters. The molecule has 0 fully saturated rings. The minimum Gasteiger partial charge on any atom is -0.497 e. The summed E-state index contributed by atoms with van der Waals surface area (Å²) >= 11 is 3.24. The second kappa shape index (κ2) is 6.86. The SMILES string of the molecule is CCNC(c1ccc(OC)cc1)c1ccc(F)c(Br)c1. The molecule has 1 atom stereocenters. The van der Waals surface area contributed by atoms with E-state index in [1.807, 2.05) is 30.3 Å². The fourth-order valence-corrected chi connectivity index (χ4v) is 2.52. The molecule has 0 amide bonds. The van der Waals surface area contributed by atoms with Gasteiger partial charge in [0.05, 0.1) is 17.6 Å². The van der Waals surface area contributed by atoms with Gasteiger partial charge in [-0.15, -0.1) is 0 Å². The topological polar surface area (TPSA) is 21.3 Å². The summed E-state index contributed by atoms with van der Waals surface area (Å²) in [4.78, 5) is 0. The number of ether oxygens (including phenoxy) is 1. The van der Waals surface area contributed by atoms with Crippen molar-refractivity contribution < 1.29 is 9.13 Å². The standard InChI is InChI=1S/C16H17BrFNO/c1-3-19-16(11-4-7-13(20-2)8-5-11)12-6-9-15(18)14(17)10-12/h4-10,16,19H,3H2,1-2H3. The largest absolute Gasteiger partial charge is 0.497 e. The molecule has 0 aromatic heterocycles. The molecular weight excluding hydrogens is 321 g/mol. The lowest BCUT2D eigenvalue weighted by Gasteiger charge is -2.19. The molecule has 0 heterocycles. The molecule has 0 saturated heterocycles. The van der Waals surface area contributed by atoms with E-state index >= 15 is 0 Å². The highest BCUT2D eigenvalue weighted by molar-refractivity contribution is 9.10. The molecule has 2 aromatic carbocycles. The molecular formula is C16H17BrFNO. The van der Waals surface area contributed by atoms with Crippen molar-refractivity contribution in [2.24, 2.45) is 0 Å². The van der Waals surface area contributed by atoms with Crippen molar-refractivity contribution in [2.45, 2.75) is 13.0 Å². The van der Waals surface area contributed by atoms with Crippen LogP contribution in [0.3, 0.4) is 0 Å². The summed E-state index contributed by atoms with van der Waals surface area (Å²) in [5.74, 6) is 0.572. The third-order valence-corrected chi connectivity index (χ3v) is 3.74. The molecule has 0 saturated carbocycles. The zero-order valence-electron chi connectivity index (χ0n) is 11.5. The Bertz CT molecular complexity index is 571. The molecule has 20 heavy (non-hydrogen) atoms. The van der Waals surface area contributed by atoms with Gasteiger partial charge in [0.25, 0.3) is 0 Å². The van der Waals surface area contributed by atoms with Gasteiger partial charge in [0.2, 0.25) is 0 Å². The molecule has 0 bridgehead atoms. The van der Waals surface area contributed by atoms with Crippen LogP contribution in [-0.2, 0) is 0 Å². The van der Waals surface area contributed by atoms with Gasteiger partial charge < -0.3 is 10.1 Å². The summed E-state index contributed by atoms with van der Waals surface area (Å²) < 4.78 is 19.0. The molecule has 1 N–H and O–H groups in total. The zero-order valence-corrected chi connectivity index (χ0v) is 13.1. The number of halogens is 2. The van der Waals surface area contributed by atoms with E-state index in [0.717, 1.165) is 23.4 Å². The Balaban J connectivity index is 2.35. The zero-order chi connectivity index (χ0) is 14.5. The minimum absolute atomic E-state index is 0.0304. The van der Waals surface area contributed by atoms with Gasteiger partial charge in [0, 0.05) is 0 Å². The van der Waals surface area contributed by atoms with Gasteiger partial charge in [0.1, 0.15) is 11.6 Å². The van der Waals surface area contributed by atoms with Crippen LogP contribution in [0.15, 0.2) is 46.9 Å². The molecule has 2 rings (SSSR count). The minimum atomic E-state index is -0.251. The predicted octanol–water partition coefficient (Wildman–Crippen LogP) is 4.30. The summed E-state index contributed by atoms with van der Waals surface area (Å²) in [5.41, 5.74) is 2.14. The number of methoxy groups -OCH3 is 1. The second-order valence-electron chi connectivity index (χ2n) is 4.44. The third-order valence-electron chi connectivity index (χ3n) is 3.13. The summed E-state index contributed by atoms with van der Waals surface area (Å²) in [6.07, 6.45) is 0. The number of hydrogen-bond acceptors (Lipinski definition) is 2. The van der Waals surface area contributed by atoms with Crippen molar-refractivity contribution in [2.75, 3.05) is 13.7 Å². The van der Waals surface area contributed by atoms with E-state index in [1.165, 1.54) is 6.07 Å². The Morgan fingerprint density at radius 1 is 1.15 bits per heavy atom. The molecule has 4 heteroatoms. The van der Waals surface area contributed by atoms with Gasteiger partial charge >= 0.3 is 0 Å². The van der Waals surface area contributed by atoms with Crippen LogP contribution in [0.2, 0.25) is 0 Å². The average molecular weight is 338 g/mol. The van der Waals surface area contributed by atoms with E-state index in [9.17, 15) is 4.39 Å². The molecule has 106 valence electrons. The second-order valence-corrected chi connectivity index (χ2v) is 5.29. The lowest BCUT2D eigenvalue weighted by Crippen LogP contribution is -2.22. The Kier molecular flexibility index (Phi) is 5.15. The predicted molar refractivity (Wildman–Crippen MR) is 82.6 cm³/mol. The summed E-state index contributed by atoms with van der Waals surface area (Å²) in [5, 5.41) is 3.42. The van der Waals surface area contributed by atoms with Gasteiger partial charge in [0.15, 0.2) is 0 Å². The van der Waals surface area contributed by atoms with Crippen LogP contribution < -0.4 is 10.1 Å².